The third-order valence-electron chi connectivity index (χ3n) is 4.73. The van der Waals surface area contributed by atoms with Crippen molar-refractivity contribution in [2.24, 2.45) is 0 Å². The second-order valence-corrected chi connectivity index (χ2v) is 6.51. The van der Waals surface area contributed by atoms with Crippen LogP contribution in [0.15, 0.2) is 48.5 Å². The Labute approximate surface area is 147 Å². The van der Waals surface area contributed by atoms with Crippen LogP contribution in [0.3, 0.4) is 0 Å². The van der Waals surface area contributed by atoms with Crippen molar-refractivity contribution in [2.75, 3.05) is 6.61 Å². The number of hydrogen-bond acceptors (Lipinski definition) is 4. The van der Waals surface area contributed by atoms with Gasteiger partial charge in [-0.2, -0.15) is 0 Å². The van der Waals surface area contributed by atoms with E-state index in [0.29, 0.717) is 11.5 Å². The van der Waals surface area contributed by atoms with Crippen LogP contribution in [0.4, 0.5) is 0 Å². The maximum absolute atomic E-state index is 12.2. The summed E-state index contributed by atoms with van der Waals surface area (Å²) < 4.78 is 5.05. The van der Waals surface area contributed by atoms with Gasteiger partial charge in [0.05, 0.1) is 5.56 Å². The van der Waals surface area contributed by atoms with Gasteiger partial charge in [-0.3, -0.25) is 4.79 Å². The topological polar surface area (TPSA) is 63.6 Å². The molecule has 1 aliphatic carbocycles. The van der Waals surface area contributed by atoms with Crippen LogP contribution in [-0.4, -0.2) is 23.5 Å². The zero-order valence-electron chi connectivity index (χ0n) is 14.1. The van der Waals surface area contributed by atoms with Crippen molar-refractivity contribution >= 4 is 11.8 Å². The lowest BCUT2D eigenvalue weighted by atomic mass is 9.84. The molecule has 2 aromatic carbocycles. The molecule has 1 N–H and O–H groups in total. The van der Waals surface area contributed by atoms with Crippen molar-refractivity contribution in [1.82, 2.24) is 0 Å². The van der Waals surface area contributed by atoms with Crippen LogP contribution in [-0.2, 0) is 4.74 Å². The molecule has 0 heterocycles. The molecule has 3 rings (SSSR count). The highest BCUT2D eigenvalue weighted by Gasteiger charge is 2.16. The average Bonchev–Trinajstić information content (AvgIpc) is 2.66. The Morgan fingerprint density at radius 1 is 0.960 bits per heavy atom. The van der Waals surface area contributed by atoms with E-state index in [2.05, 4.69) is 0 Å². The quantitative estimate of drug-likeness (QED) is 0.645. The number of benzene rings is 2. The minimum atomic E-state index is -0.622. The van der Waals surface area contributed by atoms with E-state index in [1.54, 1.807) is 6.07 Å². The number of carbonyl (C=O) groups excluding carboxylic acids is 2. The summed E-state index contributed by atoms with van der Waals surface area (Å²) in [5, 5.41) is 9.38. The number of esters is 1. The summed E-state index contributed by atoms with van der Waals surface area (Å²) >= 11 is 0. The fourth-order valence-electron chi connectivity index (χ4n) is 3.31. The van der Waals surface area contributed by atoms with Crippen LogP contribution in [0.1, 0.15) is 64.3 Å². The summed E-state index contributed by atoms with van der Waals surface area (Å²) in [4.78, 5) is 24.1. The highest BCUT2D eigenvalue weighted by atomic mass is 16.5. The lowest BCUT2D eigenvalue weighted by Gasteiger charge is -2.22. The van der Waals surface area contributed by atoms with Crippen molar-refractivity contribution in [3.05, 3.63) is 65.2 Å². The van der Waals surface area contributed by atoms with Crippen LogP contribution in [0, 0.1) is 0 Å². The largest absolute Gasteiger partial charge is 0.508 e. The maximum Gasteiger partial charge on any atom is 0.338 e. The smallest absolute Gasteiger partial charge is 0.338 e. The van der Waals surface area contributed by atoms with E-state index < -0.39 is 5.97 Å². The van der Waals surface area contributed by atoms with Crippen LogP contribution in [0.2, 0.25) is 0 Å². The van der Waals surface area contributed by atoms with E-state index in [0.717, 1.165) is 0 Å². The van der Waals surface area contributed by atoms with Gasteiger partial charge in [-0.25, -0.2) is 4.79 Å². The molecular weight excluding hydrogens is 316 g/mol. The second kappa shape index (κ2) is 7.97. The number of carbonyl (C=O) groups is 2. The predicted molar refractivity (Wildman–Crippen MR) is 95.0 cm³/mol. The number of ketones is 1. The summed E-state index contributed by atoms with van der Waals surface area (Å²) in [6.07, 6.45) is 6.30. The summed E-state index contributed by atoms with van der Waals surface area (Å²) in [6.45, 7) is -0.308. The number of hydrogen-bond donors (Lipinski definition) is 1. The number of rotatable bonds is 5. The number of aromatic hydroxyl groups is 1. The van der Waals surface area contributed by atoms with E-state index in [9.17, 15) is 14.7 Å². The van der Waals surface area contributed by atoms with Crippen molar-refractivity contribution < 1.29 is 19.4 Å². The van der Waals surface area contributed by atoms with Gasteiger partial charge >= 0.3 is 5.97 Å². The number of Topliss-reactive ketones (excluding diaryl/α,β-unsaturated/α-hetero) is 1. The molecule has 0 aromatic heterocycles. The molecule has 2 aromatic rings. The van der Waals surface area contributed by atoms with Gasteiger partial charge in [0, 0.05) is 5.56 Å². The van der Waals surface area contributed by atoms with Crippen LogP contribution >= 0.6 is 0 Å². The molecule has 0 spiro atoms. The standard InChI is InChI=1S/C21H22O4/c22-19-8-4-7-18(13-19)21(24)25-14-20(23)17-11-9-16(10-12-17)15-5-2-1-3-6-15/h4,7-13,15,22H,1-3,5-6,14H2. The molecule has 0 aliphatic heterocycles. The molecule has 0 bridgehead atoms. The van der Waals surface area contributed by atoms with Gasteiger partial charge < -0.3 is 9.84 Å². The predicted octanol–water partition coefficient (Wildman–Crippen LogP) is 4.48. The number of phenolic OH excluding ortho intramolecular Hbond substituents is 1. The number of phenols is 1. The van der Waals surface area contributed by atoms with Crippen molar-refractivity contribution in [3.63, 3.8) is 0 Å². The molecule has 0 atom stereocenters. The van der Waals surface area contributed by atoms with Crippen LogP contribution in [0.5, 0.6) is 5.75 Å². The van der Waals surface area contributed by atoms with Crippen molar-refractivity contribution in [3.8, 4) is 5.75 Å². The highest BCUT2D eigenvalue weighted by molar-refractivity contribution is 5.99. The van der Waals surface area contributed by atoms with Crippen LogP contribution < -0.4 is 0 Å². The monoisotopic (exact) mass is 338 g/mol. The fourth-order valence-corrected chi connectivity index (χ4v) is 3.31. The lowest BCUT2D eigenvalue weighted by Crippen LogP contribution is -2.14. The number of ether oxygens (including phenoxy) is 1. The Morgan fingerprint density at radius 3 is 2.36 bits per heavy atom. The highest BCUT2D eigenvalue weighted by Crippen LogP contribution is 2.32. The summed E-state index contributed by atoms with van der Waals surface area (Å²) in [6, 6.07) is 13.5. The van der Waals surface area contributed by atoms with Gasteiger partial charge in [0.2, 0.25) is 0 Å². The molecule has 1 aliphatic rings. The van der Waals surface area contributed by atoms with E-state index in [-0.39, 0.29) is 23.7 Å². The Hall–Kier alpha value is -2.62. The molecule has 0 radical (unpaired) electrons. The fraction of sp³-hybridized carbons (Fsp3) is 0.333. The van der Waals surface area contributed by atoms with E-state index >= 15 is 0 Å². The average molecular weight is 338 g/mol. The first-order valence-electron chi connectivity index (χ1n) is 8.73. The molecular formula is C21H22O4. The second-order valence-electron chi connectivity index (χ2n) is 6.51. The summed E-state index contributed by atoms with van der Waals surface area (Å²) in [5.74, 6) is -0.271. The molecule has 25 heavy (non-hydrogen) atoms. The Kier molecular flexibility index (Phi) is 5.49. The summed E-state index contributed by atoms with van der Waals surface area (Å²) in [7, 11) is 0. The van der Waals surface area contributed by atoms with Gasteiger partial charge in [-0.05, 0) is 42.5 Å². The molecule has 1 saturated carbocycles. The molecule has 4 nitrogen and oxygen atoms in total. The van der Waals surface area contributed by atoms with Gasteiger partial charge in [-0.15, -0.1) is 0 Å². The zero-order chi connectivity index (χ0) is 17.6. The zero-order valence-corrected chi connectivity index (χ0v) is 14.1. The third kappa shape index (κ3) is 4.47. The van der Waals surface area contributed by atoms with Crippen LogP contribution in [0.25, 0.3) is 0 Å². The van der Waals surface area contributed by atoms with Gasteiger partial charge in [0.1, 0.15) is 5.75 Å². The van der Waals surface area contributed by atoms with Gasteiger partial charge in [-0.1, -0.05) is 49.6 Å². The van der Waals surface area contributed by atoms with Crippen molar-refractivity contribution in [1.29, 1.82) is 0 Å². The van der Waals surface area contributed by atoms with Gasteiger partial charge in [0.25, 0.3) is 0 Å². The Bertz CT molecular complexity index is 743. The third-order valence-corrected chi connectivity index (χ3v) is 4.73. The molecule has 0 saturated heterocycles. The minimum Gasteiger partial charge on any atom is -0.508 e. The van der Waals surface area contributed by atoms with E-state index in [1.807, 2.05) is 24.3 Å². The van der Waals surface area contributed by atoms with E-state index in [1.165, 1.54) is 55.9 Å². The summed E-state index contributed by atoms with van der Waals surface area (Å²) in [5.41, 5.74) is 2.05. The first-order valence-corrected chi connectivity index (χ1v) is 8.73. The van der Waals surface area contributed by atoms with Gasteiger partial charge in [0.15, 0.2) is 12.4 Å². The molecule has 0 amide bonds. The lowest BCUT2D eigenvalue weighted by molar-refractivity contribution is 0.0474. The normalized spacial score (nSPS) is 14.9. The molecule has 130 valence electrons. The first kappa shape index (κ1) is 17.2. The molecule has 0 unspecified atom stereocenters. The Morgan fingerprint density at radius 2 is 1.68 bits per heavy atom. The molecule has 4 heteroatoms. The van der Waals surface area contributed by atoms with E-state index in [4.69, 9.17) is 4.74 Å². The SMILES string of the molecule is O=C(COC(=O)c1cccc(O)c1)c1ccc(C2CCCCC2)cc1. The Balaban J connectivity index is 1.56. The van der Waals surface area contributed by atoms with Crippen molar-refractivity contribution in [2.45, 2.75) is 38.0 Å². The minimum absolute atomic E-state index is 0.0147. The first-order chi connectivity index (χ1) is 12.1. The maximum atomic E-state index is 12.2. The molecule has 1 fully saturated rings.